The summed E-state index contributed by atoms with van der Waals surface area (Å²) in [5.74, 6) is 0.946. The number of benzene rings is 1. The van der Waals surface area contributed by atoms with Gasteiger partial charge >= 0.3 is 0 Å². The van der Waals surface area contributed by atoms with Crippen molar-refractivity contribution in [2.75, 3.05) is 6.54 Å². The summed E-state index contributed by atoms with van der Waals surface area (Å²) in [6.07, 6.45) is 5.32. The van der Waals surface area contributed by atoms with Crippen LogP contribution >= 0.6 is 0 Å². The van der Waals surface area contributed by atoms with Crippen molar-refractivity contribution in [1.29, 1.82) is 0 Å². The van der Waals surface area contributed by atoms with Crippen LogP contribution in [0.1, 0.15) is 43.8 Å². The summed E-state index contributed by atoms with van der Waals surface area (Å²) in [6, 6.07) is 6.52. The van der Waals surface area contributed by atoms with E-state index in [0.717, 1.165) is 31.2 Å². The fraction of sp³-hybridized carbons (Fsp3) is 0.474. The molecule has 0 saturated heterocycles. The van der Waals surface area contributed by atoms with E-state index in [1.807, 2.05) is 6.92 Å². The third-order valence-electron chi connectivity index (χ3n) is 4.73. The fourth-order valence-electron chi connectivity index (χ4n) is 3.36. The Hall–Kier alpha value is -2.19. The largest absolute Gasteiger partial charge is 0.446 e. The van der Waals surface area contributed by atoms with Gasteiger partial charge in [0.1, 0.15) is 11.5 Å². The second-order valence-corrected chi connectivity index (χ2v) is 8.66. The maximum absolute atomic E-state index is 12.4. The minimum Gasteiger partial charge on any atom is -0.446 e. The molecule has 3 rings (SSSR count). The van der Waals surface area contributed by atoms with Crippen LogP contribution in [0.4, 0.5) is 0 Å². The third kappa shape index (κ3) is 4.95. The molecule has 0 bridgehead atoms. The molecule has 0 radical (unpaired) electrons. The molecule has 146 valence electrons. The summed E-state index contributed by atoms with van der Waals surface area (Å²) >= 11 is 0. The summed E-state index contributed by atoms with van der Waals surface area (Å²) in [4.78, 5) is 16.4. The van der Waals surface area contributed by atoms with Gasteiger partial charge in [0, 0.05) is 18.5 Å². The highest BCUT2D eigenvalue weighted by molar-refractivity contribution is 7.89. The molecule has 0 unspecified atom stereocenters. The van der Waals surface area contributed by atoms with Gasteiger partial charge in [0.25, 0.3) is 0 Å². The average molecular weight is 391 g/mol. The maximum Gasteiger partial charge on any atom is 0.241 e. The zero-order valence-electron chi connectivity index (χ0n) is 15.6. The molecule has 1 aliphatic rings. The number of sulfonamides is 1. The van der Waals surface area contributed by atoms with E-state index < -0.39 is 10.0 Å². The summed E-state index contributed by atoms with van der Waals surface area (Å²) in [7, 11) is -3.75. The van der Waals surface area contributed by atoms with Gasteiger partial charge < -0.3 is 9.73 Å². The molecular weight excluding hydrogens is 366 g/mol. The summed E-state index contributed by atoms with van der Waals surface area (Å²) in [5.41, 5.74) is 1.47. The lowest BCUT2D eigenvalue weighted by molar-refractivity contribution is -0.120. The zero-order valence-corrected chi connectivity index (χ0v) is 16.4. The first-order chi connectivity index (χ1) is 12.8. The molecule has 2 N–H and O–H groups in total. The van der Waals surface area contributed by atoms with E-state index in [0.29, 0.717) is 17.3 Å². The quantitative estimate of drug-likeness (QED) is 0.788. The van der Waals surface area contributed by atoms with E-state index in [1.54, 1.807) is 19.1 Å². The van der Waals surface area contributed by atoms with Crippen LogP contribution in [0.25, 0.3) is 11.3 Å². The predicted octanol–water partition coefficient (Wildman–Crippen LogP) is 2.69. The Bertz CT molecular complexity index is 898. The van der Waals surface area contributed by atoms with E-state index in [2.05, 4.69) is 15.0 Å². The molecule has 1 saturated carbocycles. The lowest BCUT2D eigenvalue weighted by Crippen LogP contribution is -2.42. The maximum atomic E-state index is 12.4. The van der Waals surface area contributed by atoms with Gasteiger partial charge in [0.2, 0.25) is 15.9 Å². The van der Waals surface area contributed by atoms with E-state index >= 15 is 0 Å². The number of hydrogen-bond donors (Lipinski definition) is 2. The van der Waals surface area contributed by atoms with Crippen LogP contribution in [0.2, 0.25) is 0 Å². The van der Waals surface area contributed by atoms with Crippen LogP contribution in [-0.2, 0) is 14.8 Å². The summed E-state index contributed by atoms with van der Waals surface area (Å²) in [5, 5.41) is 2.90. The molecule has 1 fully saturated rings. The third-order valence-corrected chi connectivity index (χ3v) is 6.15. The number of carbonyl (C=O) groups is 1. The molecule has 1 amide bonds. The van der Waals surface area contributed by atoms with Gasteiger partial charge in [-0.1, -0.05) is 31.4 Å². The van der Waals surface area contributed by atoms with E-state index in [9.17, 15) is 13.2 Å². The topological polar surface area (TPSA) is 101 Å². The number of oxazole rings is 1. The second kappa shape index (κ2) is 8.22. The minimum atomic E-state index is -3.75. The number of nitrogens with zero attached hydrogens (tertiary/aromatic N) is 1. The number of nitrogens with one attached hydrogen (secondary N) is 2. The molecule has 1 heterocycles. The van der Waals surface area contributed by atoms with Crippen LogP contribution in [0, 0.1) is 13.8 Å². The van der Waals surface area contributed by atoms with Crippen molar-refractivity contribution in [2.24, 2.45) is 0 Å². The Balaban J connectivity index is 1.61. The van der Waals surface area contributed by atoms with Crippen molar-refractivity contribution >= 4 is 15.9 Å². The molecule has 0 spiro atoms. The van der Waals surface area contributed by atoms with E-state index in [1.165, 1.54) is 18.6 Å². The Labute approximate surface area is 159 Å². The molecule has 1 aromatic heterocycles. The SMILES string of the molecule is Cc1nc(-c2ccc(S(=O)(=O)NCC(=O)NC3CCCCC3)cc2)c(C)o1. The van der Waals surface area contributed by atoms with Crippen molar-refractivity contribution in [3.05, 3.63) is 35.9 Å². The van der Waals surface area contributed by atoms with Crippen LogP contribution < -0.4 is 10.0 Å². The van der Waals surface area contributed by atoms with Crippen LogP contribution in [0.3, 0.4) is 0 Å². The number of aryl methyl sites for hydroxylation is 2. The highest BCUT2D eigenvalue weighted by Crippen LogP contribution is 2.24. The van der Waals surface area contributed by atoms with Crippen LogP contribution in [-0.4, -0.2) is 31.9 Å². The van der Waals surface area contributed by atoms with Gasteiger partial charge in [0.05, 0.1) is 11.4 Å². The van der Waals surface area contributed by atoms with Gasteiger partial charge in [-0.3, -0.25) is 4.79 Å². The average Bonchev–Trinajstić information content (AvgIpc) is 2.99. The lowest BCUT2D eigenvalue weighted by atomic mass is 9.95. The summed E-state index contributed by atoms with van der Waals surface area (Å²) in [6.45, 7) is 3.31. The molecule has 1 aromatic carbocycles. The standard InChI is InChI=1S/C19H25N3O4S/c1-13-19(21-14(2)26-13)15-8-10-17(11-9-15)27(24,25)20-12-18(23)22-16-6-4-3-5-7-16/h8-11,16,20H,3-7,12H2,1-2H3,(H,22,23). The molecule has 27 heavy (non-hydrogen) atoms. The normalized spacial score (nSPS) is 15.6. The zero-order chi connectivity index (χ0) is 19.4. The Morgan fingerprint density at radius 2 is 1.81 bits per heavy atom. The van der Waals surface area contributed by atoms with Crippen molar-refractivity contribution < 1.29 is 17.6 Å². The molecule has 0 aliphatic heterocycles. The van der Waals surface area contributed by atoms with Crippen molar-refractivity contribution in [1.82, 2.24) is 15.0 Å². The van der Waals surface area contributed by atoms with E-state index in [4.69, 9.17) is 4.42 Å². The van der Waals surface area contributed by atoms with Gasteiger partial charge in [-0.05, 0) is 31.9 Å². The first kappa shape index (κ1) is 19.6. The Morgan fingerprint density at radius 3 is 2.41 bits per heavy atom. The Kier molecular flexibility index (Phi) is 5.96. The number of aromatic nitrogens is 1. The molecular formula is C19H25N3O4S. The second-order valence-electron chi connectivity index (χ2n) is 6.89. The number of carbonyl (C=O) groups excluding carboxylic acids is 1. The Morgan fingerprint density at radius 1 is 1.15 bits per heavy atom. The first-order valence-corrected chi connectivity index (χ1v) is 10.7. The molecule has 2 aromatic rings. The fourth-order valence-corrected chi connectivity index (χ4v) is 4.34. The van der Waals surface area contributed by atoms with E-state index in [-0.39, 0.29) is 23.4 Å². The van der Waals surface area contributed by atoms with Crippen molar-refractivity contribution in [3.63, 3.8) is 0 Å². The molecule has 8 heteroatoms. The first-order valence-electron chi connectivity index (χ1n) is 9.18. The van der Waals surface area contributed by atoms with Crippen LogP contribution in [0.15, 0.2) is 33.6 Å². The molecule has 0 atom stereocenters. The van der Waals surface area contributed by atoms with Crippen molar-refractivity contribution in [2.45, 2.75) is 56.9 Å². The highest BCUT2D eigenvalue weighted by atomic mass is 32.2. The van der Waals surface area contributed by atoms with Crippen molar-refractivity contribution in [3.8, 4) is 11.3 Å². The minimum absolute atomic E-state index is 0.106. The van der Waals surface area contributed by atoms with Gasteiger partial charge in [-0.2, -0.15) is 0 Å². The van der Waals surface area contributed by atoms with Crippen LogP contribution in [0.5, 0.6) is 0 Å². The number of amides is 1. The van der Waals surface area contributed by atoms with Gasteiger partial charge in [0.15, 0.2) is 5.89 Å². The molecule has 1 aliphatic carbocycles. The lowest BCUT2D eigenvalue weighted by Gasteiger charge is -2.22. The van der Waals surface area contributed by atoms with Gasteiger partial charge in [-0.15, -0.1) is 0 Å². The monoisotopic (exact) mass is 391 g/mol. The summed E-state index contributed by atoms with van der Waals surface area (Å²) < 4.78 is 32.6. The predicted molar refractivity (Wildman–Crippen MR) is 102 cm³/mol. The number of rotatable bonds is 6. The number of hydrogen-bond acceptors (Lipinski definition) is 5. The smallest absolute Gasteiger partial charge is 0.241 e. The molecule has 7 nitrogen and oxygen atoms in total. The van der Waals surface area contributed by atoms with Gasteiger partial charge in [-0.25, -0.2) is 18.1 Å². The highest BCUT2D eigenvalue weighted by Gasteiger charge is 2.19.